The molecule has 0 heterocycles. The minimum absolute atomic E-state index is 0.0254. The predicted molar refractivity (Wildman–Crippen MR) is 77.4 cm³/mol. The molecule has 114 valence electrons. The molecule has 1 amide bonds. The maximum atomic E-state index is 11.1. The summed E-state index contributed by atoms with van der Waals surface area (Å²) in [6.07, 6.45) is 2.98. The summed E-state index contributed by atoms with van der Waals surface area (Å²) in [5.74, 6) is -1.59. The summed E-state index contributed by atoms with van der Waals surface area (Å²) in [6, 6.07) is 0. The summed E-state index contributed by atoms with van der Waals surface area (Å²) >= 11 is 0. The molecule has 0 rings (SSSR count). The van der Waals surface area contributed by atoms with E-state index in [1.165, 1.54) is 0 Å². The van der Waals surface area contributed by atoms with Gasteiger partial charge < -0.3 is 21.1 Å². The fraction of sp³-hybridized carbons (Fsp3) is 0.615. The highest BCUT2D eigenvalue weighted by atomic mass is 16.4. The van der Waals surface area contributed by atoms with Gasteiger partial charge in [0.15, 0.2) is 5.96 Å². The number of carbonyl (C=O) groups is 2. The summed E-state index contributed by atoms with van der Waals surface area (Å²) in [5, 5.41) is 18.4. The Hall–Kier alpha value is -2.05. The number of carbonyl (C=O) groups excluding carboxylic acids is 1. The fourth-order valence-electron chi connectivity index (χ4n) is 1.46. The zero-order chi connectivity index (χ0) is 15.5. The maximum Gasteiger partial charge on any atom is 0.312 e. The number of hydrogen-bond donors (Lipinski definition) is 4. The lowest BCUT2D eigenvalue weighted by Crippen LogP contribution is -2.37. The minimum atomic E-state index is -1.13. The van der Waals surface area contributed by atoms with Gasteiger partial charge in [-0.05, 0) is 26.7 Å². The van der Waals surface area contributed by atoms with Crippen LogP contribution in [0.4, 0.5) is 0 Å². The molecule has 0 aliphatic rings. The van der Waals surface area contributed by atoms with Gasteiger partial charge in [0.25, 0.3) is 0 Å². The van der Waals surface area contributed by atoms with Crippen molar-refractivity contribution in [2.24, 2.45) is 5.73 Å². The van der Waals surface area contributed by atoms with Gasteiger partial charge in [0.05, 0.1) is 0 Å². The number of nitrogens with one attached hydrogen (secondary N) is 2. The first-order valence-electron chi connectivity index (χ1n) is 6.53. The van der Waals surface area contributed by atoms with Crippen molar-refractivity contribution in [2.75, 3.05) is 19.6 Å². The molecule has 7 heteroatoms. The van der Waals surface area contributed by atoms with Crippen molar-refractivity contribution in [3.05, 3.63) is 11.6 Å². The Kier molecular flexibility index (Phi) is 8.82. The van der Waals surface area contributed by atoms with Crippen molar-refractivity contribution in [1.29, 1.82) is 5.41 Å². The Labute approximate surface area is 119 Å². The van der Waals surface area contributed by atoms with Crippen LogP contribution in [-0.2, 0) is 9.59 Å². The van der Waals surface area contributed by atoms with Crippen LogP contribution in [0.1, 0.15) is 33.1 Å². The lowest BCUT2D eigenvalue weighted by atomic mass is 10.2. The van der Waals surface area contributed by atoms with E-state index in [-0.39, 0.29) is 5.96 Å². The number of rotatable bonds is 9. The molecule has 0 fully saturated rings. The Morgan fingerprint density at radius 2 is 2.00 bits per heavy atom. The number of carboxylic acid groups (broad SMARTS) is 1. The Morgan fingerprint density at radius 3 is 2.50 bits per heavy atom. The number of guanidine groups is 1. The van der Waals surface area contributed by atoms with E-state index < -0.39 is 18.3 Å². The number of nitrogens with two attached hydrogens (primary N) is 1. The third-order valence-electron chi connectivity index (χ3n) is 2.55. The van der Waals surface area contributed by atoms with E-state index in [1.54, 1.807) is 4.90 Å². The largest absolute Gasteiger partial charge is 0.481 e. The van der Waals surface area contributed by atoms with Crippen molar-refractivity contribution in [3.63, 3.8) is 0 Å². The number of hydrogen-bond acceptors (Lipinski definition) is 3. The summed E-state index contributed by atoms with van der Waals surface area (Å²) in [5.41, 5.74) is 6.65. The minimum Gasteiger partial charge on any atom is -0.481 e. The second-order valence-corrected chi connectivity index (χ2v) is 4.74. The SMILES string of the molecule is CC(C)=CCN(CCCCNC(=O)CC(=O)O)C(=N)N. The van der Waals surface area contributed by atoms with Gasteiger partial charge in [-0.15, -0.1) is 0 Å². The van der Waals surface area contributed by atoms with Crippen LogP contribution >= 0.6 is 0 Å². The quantitative estimate of drug-likeness (QED) is 0.162. The van der Waals surface area contributed by atoms with Gasteiger partial charge in [-0.25, -0.2) is 0 Å². The Bertz CT molecular complexity index is 376. The standard InChI is InChI=1S/C13H24N4O3/c1-10(2)5-8-17(13(14)15)7-4-3-6-16-11(18)9-12(19)20/h5H,3-4,6-9H2,1-2H3,(H3,14,15)(H,16,18)(H,19,20). The summed E-state index contributed by atoms with van der Waals surface area (Å²) in [7, 11) is 0. The van der Waals surface area contributed by atoms with Crippen LogP contribution in [0, 0.1) is 5.41 Å². The van der Waals surface area contributed by atoms with E-state index in [0.29, 0.717) is 26.1 Å². The molecule has 7 nitrogen and oxygen atoms in total. The molecule has 0 aliphatic carbocycles. The molecule has 0 saturated heterocycles. The smallest absolute Gasteiger partial charge is 0.312 e. The van der Waals surface area contributed by atoms with E-state index in [0.717, 1.165) is 12.0 Å². The predicted octanol–water partition coefficient (Wildman–Crippen LogP) is 0.519. The highest BCUT2D eigenvalue weighted by Gasteiger charge is 2.07. The average Bonchev–Trinajstić information content (AvgIpc) is 2.30. The lowest BCUT2D eigenvalue weighted by molar-refractivity contribution is -0.140. The van der Waals surface area contributed by atoms with Crippen molar-refractivity contribution in [1.82, 2.24) is 10.2 Å². The van der Waals surface area contributed by atoms with Gasteiger partial charge in [-0.3, -0.25) is 15.0 Å². The van der Waals surface area contributed by atoms with E-state index >= 15 is 0 Å². The fourth-order valence-corrected chi connectivity index (χ4v) is 1.46. The van der Waals surface area contributed by atoms with Gasteiger partial charge in [0, 0.05) is 19.6 Å². The van der Waals surface area contributed by atoms with Gasteiger partial charge >= 0.3 is 5.97 Å². The molecule has 0 aromatic rings. The topological polar surface area (TPSA) is 120 Å². The zero-order valence-electron chi connectivity index (χ0n) is 12.1. The van der Waals surface area contributed by atoms with Crippen LogP contribution in [0.2, 0.25) is 0 Å². The zero-order valence-corrected chi connectivity index (χ0v) is 12.1. The molecule has 0 spiro atoms. The van der Waals surface area contributed by atoms with Crippen molar-refractivity contribution < 1.29 is 14.7 Å². The molecule has 0 aliphatic heterocycles. The van der Waals surface area contributed by atoms with Crippen molar-refractivity contribution >= 4 is 17.8 Å². The van der Waals surface area contributed by atoms with Crippen LogP contribution in [0.25, 0.3) is 0 Å². The molecule has 0 radical (unpaired) electrons. The van der Waals surface area contributed by atoms with Crippen LogP contribution in [0.15, 0.2) is 11.6 Å². The molecular weight excluding hydrogens is 260 g/mol. The van der Waals surface area contributed by atoms with Crippen LogP contribution in [0.5, 0.6) is 0 Å². The number of allylic oxidation sites excluding steroid dienone is 1. The van der Waals surface area contributed by atoms with E-state index in [9.17, 15) is 9.59 Å². The van der Waals surface area contributed by atoms with Crippen LogP contribution < -0.4 is 11.1 Å². The molecule has 0 aromatic carbocycles. The number of unbranched alkanes of at least 4 members (excludes halogenated alkanes) is 1. The number of amides is 1. The number of aliphatic carboxylic acids is 1. The monoisotopic (exact) mass is 284 g/mol. The summed E-state index contributed by atoms with van der Waals surface area (Å²) in [6.45, 7) is 5.63. The number of nitrogens with zero attached hydrogens (tertiary/aromatic N) is 1. The second-order valence-electron chi connectivity index (χ2n) is 4.74. The highest BCUT2D eigenvalue weighted by molar-refractivity contribution is 5.93. The first-order chi connectivity index (χ1) is 9.32. The van der Waals surface area contributed by atoms with E-state index in [4.69, 9.17) is 16.2 Å². The second kappa shape index (κ2) is 9.82. The molecular formula is C13H24N4O3. The average molecular weight is 284 g/mol. The molecule has 0 atom stereocenters. The van der Waals surface area contributed by atoms with E-state index in [1.807, 2.05) is 19.9 Å². The normalized spacial score (nSPS) is 9.70. The molecule has 20 heavy (non-hydrogen) atoms. The van der Waals surface area contributed by atoms with Gasteiger partial charge in [-0.1, -0.05) is 11.6 Å². The molecule has 5 N–H and O–H groups in total. The lowest BCUT2D eigenvalue weighted by Gasteiger charge is -2.21. The maximum absolute atomic E-state index is 11.1. The molecule has 0 aromatic heterocycles. The number of carboxylic acids is 1. The van der Waals surface area contributed by atoms with Gasteiger partial charge in [-0.2, -0.15) is 0 Å². The molecule has 0 bridgehead atoms. The Balaban J connectivity index is 3.84. The summed E-state index contributed by atoms with van der Waals surface area (Å²) < 4.78 is 0. The third kappa shape index (κ3) is 9.93. The van der Waals surface area contributed by atoms with Crippen LogP contribution in [-0.4, -0.2) is 47.5 Å². The molecule has 0 saturated carbocycles. The van der Waals surface area contributed by atoms with Crippen LogP contribution in [0.3, 0.4) is 0 Å². The van der Waals surface area contributed by atoms with Gasteiger partial charge in [0.2, 0.25) is 5.91 Å². The van der Waals surface area contributed by atoms with Gasteiger partial charge in [0.1, 0.15) is 6.42 Å². The first kappa shape index (κ1) is 17.9. The van der Waals surface area contributed by atoms with Crippen molar-refractivity contribution in [3.8, 4) is 0 Å². The summed E-state index contributed by atoms with van der Waals surface area (Å²) in [4.78, 5) is 23.1. The molecule has 0 unspecified atom stereocenters. The third-order valence-corrected chi connectivity index (χ3v) is 2.55. The first-order valence-corrected chi connectivity index (χ1v) is 6.53. The van der Waals surface area contributed by atoms with Crippen molar-refractivity contribution in [2.45, 2.75) is 33.1 Å². The highest BCUT2D eigenvalue weighted by Crippen LogP contribution is 1.97. The Morgan fingerprint density at radius 1 is 1.35 bits per heavy atom. The van der Waals surface area contributed by atoms with E-state index in [2.05, 4.69) is 5.32 Å².